The number of hydrogen-bond acceptors (Lipinski definition) is 3. The van der Waals surface area contributed by atoms with Crippen molar-refractivity contribution in [2.75, 3.05) is 18.4 Å². The Hall–Kier alpha value is -2.25. The van der Waals surface area contributed by atoms with Gasteiger partial charge in [-0.05, 0) is 43.5 Å². The van der Waals surface area contributed by atoms with Gasteiger partial charge in [-0.1, -0.05) is 6.07 Å². The summed E-state index contributed by atoms with van der Waals surface area (Å²) in [4.78, 5) is 12.4. The lowest BCUT2D eigenvalue weighted by atomic mass is 10.3. The highest BCUT2D eigenvalue weighted by atomic mass is 32.2. The van der Waals surface area contributed by atoms with E-state index in [0.29, 0.717) is 18.8 Å². The van der Waals surface area contributed by atoms with Gasteiger partial charge in [-0.3, -0.25) is 4.79 Å². The molecule has 1 saturated heterocycles. The van der Waals surface area contributed by atoms with Crippen LogP contribution in [-0.4, -0.2) is 31.7 Å². The van der Waals surface area contributed by atoms with Crippen LogP contribution in [-0.2, 0) is 21.4 Å². The number of hydrogen-bond donors (Lipinski definition) is 1. The van der Waals surface area contributed by atoms with Crippen molar-refractivity contribution in [2.24, 2.45) is 0 Å². The first-order valence-corrected chi connectivity index (χ1v) is 9.75. The van der Waals surface area contributed by atoms with Gasteiger partial charge in [-0.25, -0.2) is 8.42 Å². The zero-order valence-corrected chi connectivity index (χ0v) is 15.0. The molecule has 2 aromatic rings. The molecular formula is C18H22N3O3S+. The van der Waals surface area contributed by atoms with Crippen molar-refractivity contribution in [3.05, 3.63) is 54.4 Å². The fourth-order valence-corrected chi connectivity index (χ4v) is 4.38. The maximum atomic E-state index is 12.6. The number of amides is 1. The Balaban J connectivity index is 1.71. The van der Waals surface area contributed by atoms with Crippen LogP contribution in [0.15, 0.2) is 53.7 Å². The smallest absolute Gasteiger partial charge is 0.290 e. The monoisotopic (exact) mass is 360 g/mol. The number of aromatic nitrogens is 1. The average Bonchev–Trinajstić information content (AvgIpc) is 3.12. The Morgan fingerprint density at radius 2 is 1.84 bits per heavy atom. The highest BCUT2D eigenvalue weighted by molar-refractivity contribution is 7.89. The Morgan fingerprint density at radius 3 is 2.52 bits per heavy atom. The third kappa shape index (κ3) is 4.24. The summed E-state index contributed by atoms with van der Waals surface area (Å²) in [6, 6.07) is 10.3. The Morgan fingerprint density at radius 1 is 1.16 bits per heavy atom. The number of anilines is 1. The standard InChI is InChI=1S/C18H21N3O3S/c1-15-7-11-20(12-8-15)14-18(22)19-16-5-4-6-17(13-16)25(23,24)21-9-2-3-10-21/h4-8,11-13H,2-3,9-10,14H2,1H3/p+1. The summed E-state index contributed by atoms with van der Waals surface area (Å²) in [5, 5.41) is 2.77. The van der Waals surface area contributed by atoms with E-state index in [1.54, 1.807) is 22.8 Å². The molecule has 6 nitrogen and oxygen atoms in total. The van der Waals surface area contributed by atoms with Gasteiger partial charge in [0, 0.05) is 30.9 Å². The van der Waals surface area contributed by atoms with Crippen LogP contribution in [0.2, 0.25) is 0 Å². The molecule has 0 saturated carbocycles. The maximum Gasteiger partial charge on any atom is 0.290 e. The Labute approximate surface area is 148 Å². The normalized spacial score (nSPS) is 15.2. The first kappa shape index (κ1) is 17.6. The second kappa shape index (κ2) is 7.33. The minimum absolute atomic E-state index is 0.170. The summed E-state index contributed by atoms with van der Waals surface area (Å²) >= 11 is 0. The number of pyridine rings is 1. The quantitative estimate of drug-likeness (QED) is 0.825. The number of aryl methyl sites for hydroxylation is 1. The minimum atomic E-state index is -3.48. The molecule has 0 aliphatic carbocycles. The SMILES string of the molecule is Cc1cc[n+](CC(=O)Nc2cccc(S(=O)(=O)N3CCCC3)c2)cc1. The van der Waals surface area contributed by atoms with Gasteiger partial charge < -0.3 is 5.32 Å². The van der Waals surface area contributed by atoms with Gasteiger partial charge in [-0.2, -0.15) is 8.87 Å². The van der Waals surface area contributed by atoms with Crippen LogP contribution in [0.3, 0.4) is 0 Å². The summed E-state index contributed by atoms with van der Waals surface area (Å²) in [6.45, 7) is 3.27. The van der Waals surface area contributed by atoms with Gasteiger partial charge in [0.05, 0.1) is 4.90 Å². The maximum absolute atomic E-state index is 12.6. The van der Waals surface area contributed by atoms with Gasteiger partial charge in [0.25, 0.3) is 5.91 Å². The topological polar surface area (TPSA) is 70.4 Å². The highest BCUT2D eigenvalue weighted by Crippen LogP contribution is 2.23. The van der Waals surface area contributed by atoms with Crippen molar-refractivity contribution >= 4 is 21.6 Å². The van der Waals surface area contributed by atoms with E-state index in [9.17, 15) is 13.2 Å². The number of rotatable bonds is 5. The van der Waals surface area contributed by atoms with Crippen LogP contribution < -0.4 is 9.88 Å². The molecule has 2 heterocycles. The average molecular weight is 360 g/mol. The van der Waals surface area contributed by atoms with Crippen LogP contribution >= 0.6 is 0 Å². The fourth-order valence-electron chi connectivity index (χ4n) is 2.82. The number of carbonyl (C=O) groups is 1. The van der Waals surface area contributed by atoms with Gasteiger partial charge >= 0.3 is 0 Å². The lowest BCUT2D eigenvalue weighted by Gasteiger charge is -2.16. The molecule has 1 aliphatic heterocycles. The van der Waals surface area contributed by atoms with Crippen molar-refractivity contribution in [1.82, 2.24) is 4.31 Å². The zero-order chi connectivity index (χ0) is 17.9. The van der Waals surface area contributed by atoms with E-state index in [1.807, 2.05) is 31.5 Å². The molecule has 0 spiro atoms. The molecule has 1 aromatic heterocycles. The molecule has 7 heteroatoms. The number of carbonyl (C=O) groups excluding carboxylic acids is 1. The number of benzene rings is 1. The predicted octanol–water partition coefficient (Wildman–Crippen LogP) is 1.71. The van der Waals surface area contributed by atoms with E-state index in [4.69, 9.17) is 0 Å². The van der Waals surface area contributed by atoms with Crippen molar-refractivity contribution in [3.63, 3.8) is 0 Å². The molecule has 1 fully saturated rings. The molecule has 132 valence electrons. The predicted molar refractivity (Wildman–Crippen MR) is 94.4 cm³/mol. The molecule has 1 amide bonds. The van der Waals surface area contributed by atoms with Gasteiger partial charge in [-0.15, -0.1) is 0 Å². The first-order valence-electron chi connectivity index (χ1n) is 8.31. The number of nitrogens with one attached hydrogen (secondary N) is 1. The van der Waals surface area contributed by atoms with Crippen molar-refractivity contribution in [3.8, 4) is 0 Å². The highest BCUT2D eigenvalue weighted by Gasteiger charge is 2.27. The molecule has 1 N–H and O–H groups in total. The fraction of sp³-hybridized carbons (Fsp3) is 0.333. The van der Waals surface area contributed by atoms with Crippen LogP contribution in [0.1, 0.15) is 18.4 Å². The van der Waals surface area contributed by atoms with E-state index in [2.05, 4.69) is 5.32 Å². The van der Waals surface area contributed by atoms with Gasteiger partial charge in [0.1, 0.15) is 0 Å². The molecule has 0 atom stereocenters. The summed E-state index contributed by atoms with van der Waals surface area (Å²) in [7, 11) is -3.48. The van der Waals surface area contributed by atoms with Gasteiger partial charge in [0.2, 0.25) is 16.6 Å². The van der Waals surface area contributed by atoms with E-state index in [0.717, 1.165) is 18.4 Å². The molecule has 25 heavy (non-hydrogen) atoms. The third-order valence-electron chi connectivity index (χ3n) is 4.20. The van der Waals surface area contributed by atoms with E-state index in [1.165, 1.54) is 10.4 Å². The summed E-state index contributed by atoms with van der Waals surface area (Å²) in [5.74, 6) is -0.204. The molecular weight excluding hydrogens is 338 g/mol. The largest absolute Gasteiger partial charge is 0.321 e. The molecule has 1 aliphatic rings. The second-order valence-electron chi connectivity index (χ2n) is 6.24. The van der Waals surface area contributed by atoms with E-state index >= 15 is 0 Å². The molecule has 0 unspecified atom stereocenters. The Bertz CT molecular complexity index is 857. The first-order chi connectivity index (χ1) is 11.9. The molecule has 0 bridgehead atoms. The lowest BCUT2D eigenvalue weighted by molar-refractivity contribution is -0.684. The second-order valence-corrected chi connectivity index (χ2v) is 8.17. The molecule has 0 radical (unpaired) electrons. The Kier molecular flexibility index (Phi) is 5.15. The van der Waals surface area contributed by atoms with Crippen LogP contribution in [0.5, 0.6) is 0 Å². The van der Waals surface area contributed by atoms with E-state index in [-0.39, 0.29) is 17.3 Å². The van der Waals surface area contributed by atoms with Crippen LogP contribution in [0.4, 0.5) is 5.69 Å². The van der Waals surface area contributed by atoms with Gasteiger partial charge in [0.15, 0.2) is 12.4 Å². The minimum Gasteiger partial charge on any atom is -0.321 e. The molecule has 3 rings (SSSR count). The number of nitrogens with zero attached hydrogens (tertiary/aromatic N) is 2. The van der Waals surface area contributed by atoms with Crippen molar-refractivity contribution < 1.29 is 17.8 Å². The summed E-state index contributed by atoms with van der Waals surface area (Å²) in [6.07, 6.45) is 5.46. The zero-order valence-electron chi connectivity index (χ0n) is 14.2. The third-order valence-corrected chi connectivity index (χ3v) is 6.10. The van der Waals surface area contributed by atoms with Crippen molar-refractivity contribution in [1.29, 1.82) is 0 Å². The van der Waals surface area contributed by atoms with E-state index < -0.39 is 10.0 Å². The lowest BCUT2D eigenvalue weighted by Crippen LogP contribution is -2.39. The number of sulfonamides is 1. The summed E-state index contributed by atoms with van der Waals surface area (Å²) in [5.41, 5.74) is 1.61. The summed E-state index contributed by atoms with van der Waals surface area (Å²) < 4.78 is 28.5. The van der Waals surface area contributed by atoms with Crippen LogP contribution in [0, 0.1) is 6.92 Å². The van der Waals surface area contributed by atoms with Crippen LogP contribution in [0.25, 0.3) is 0 Å². The van der Waals surface area contributed by atoms with Crippen molar-refractivity contribution in [2.45, 2.75) is 31.2 Å². The molecule has 1 aromatic carbocycles.